The van der Waals surface area contributed by atoms with Crippen molar-refractivity contribution < 1.29 is 24.8 Å². The van der Waals surface area contributed by atoms with E-state index in [-0.39, 0.29) is 12.0 Å². The summed E-state index contributed by atoms with van der Waals surface area (Å²) in [6.07, 6.45) is -1.47. The highest BCUT2D eigenvalue weighted by molar-refractivity contribution is 5.10. The lowest BCUT2D eigenvalue weighted by atomic mass is 9.95. The van der Waals surface area contributed by atoms with Crippen molar-refractivity contribution in [3.05, 3.63) is 32.6 Å². The molecule has 0 aromatic carbocycles. The molecule has 0 amide bonds. The van der Waals surface area contributed by atoms with E-state index in [1.807, 2.05) is 0 Å². The quantitative estimate of drug-likeness (QED) is 0.472. The fourth-order valence-electron chi connectivity index (χ4n) is 2.87. The van der Waals surface area contributed by atoms with Crippen molar-refractivity contribution in [1.29, 1.82) is 0 Å². The van der Waals surface area contributed by atoms with Gasteiger partial charge in [0.05, 0.1) is 6.61 Å². The van der Waals surface area contributed by atoms with Gasteiger partial charge < -0.3 is 24.8 Å². The number of methoxy groups -OCH3 is 1. The Morgan fingerprint density at radius 3 is 2.64 bits per heavy atom. The first kappa shape index (κ1) is 16.8. The second kappa shape index (κ2) is 5.60. The van der Waals surface area contributed by atoms with Gasteiger partial charge in [0, 0.05) is 18.9 Å². The number of rotatable bonds is 4. The molecule has 0 aliphatic carbocycles. The normalized spacial score (nSPS) is 35.0. The summed E-state index contributed by atoms with van der Waals surface area (Å²) in [5.74, 6) is -2.27. The number of aromatic amines is 1. The van der Waals surface area contributed by atoms with Crippen LogP contribution in [0, 0.1) is 6.92 Å². The number of aryl methyl sites for hydroxylation is 1. The highest BCUT2D eigenvalue weighted by atomic mass is 16.7. The largest absolute Gasteiger partial charge is 0.394 e. The van der Waals surface area contributed by atoms with Gasteiger partial charge in [-0.05, 0) is 13.3 Å². The standard InChI is InChI=1S/C13H20N2O7/c1-4-12(15-5-7(2)10(18)14-11(15)19)13(20,21-3)9(17)8(6-16)22-12/h5,8-9,16-17,20H,4,6H2,1-3H3,(H,14,18,19)/t8-,9-,12-,13+/m1/s1. The number of aliphatic hydroxyl groups excluding tert-OH is 2. The lowest BCUT2D eigenvalue weighted by molar-refractivity contribution is -0.315. The molecule has 1 aromatic rings. The SMILES string of the molecule is CC[C@@]1(n2cc(C)c(=O)[nH]c2=O)O[C@H](CO)[C@@H](O)[C@]1(O)OC. The predicted octanol–water partition coefficient (Wildman–Crippen LogP) is -2.01. The molecular formula is C13H20N2O7. The Labute approximate surface area is 125 Å². The van der Waals surface area contributed by atoms with Gasteiger partial charge in [-0.3, -0.25) is 14.3 Å². The Balaban J connectivity index is 2.74. The van der Waals surface area contributed by atoms with E-state index in [2.05, 4.69) is 4.98 Å². The molecule has 9 nitrogen and oxygen atoms in total. The minimum Gasteiger partial charge on any atom is -0.394 e. The molecule has 1 saturated heterocycles. The van der Waals surface area contributed by atoms with Crippen LogP contribution in [0.2, 0.25) is 0 Å². The van der Waals surface area contributed by atoms with Crippen LogP contribution in [0.4, 0.5) is 0 Å². The van der Waals surface area contributed by atoms with Crippen LogP contribution in [0.15, 0.2) is 15.8 Å². The first-order valence-corrected chi connectivity index (χ1v) is 6.84. The van der Waals surface area contributed by atoms with Gasteiger partial charge in [-0.2, -0.15) is 0 Å². The van der Waals surface area contributed by atoms with Gasteiger partial charge in [0.2, 0.25) is 11.5 Å². The second-order valence-electron chi connectivity index (χ2n) is 5.26. The maximum absolute atomic E-state index is 12.2. The van der Waals surface area contributed by atoms with E-state index in [0.717, 1.165) is 11.7 Å². The van der Waals surface area contributed by atoms with Gasteiger partial charge in [-0.1, -0.05) is 6.92 Å². The third-order valence-corrected chi connectivity index (χ3v) is 4.14. The first-order valence-electron chi connectivity index (χ1n) is 6.84. The average molecular weight is 316 g/mol. The lowest BCUT2D eigenvalue weighted by Gasteiger charge is -2.40. The van der Waals surface area contributed by atoms with Crippen LogP contribution in [0.25, 0.3) is 0 Å². The van der Waals surface area contributed by atoms with E-state index in [1.165, 1.54) is 13.1 Å². The fraction of sp³-hybridized carbons (Fsp3) is 0.692. The van der Waals surface area contributed by atoms with Gasteiger partial charge in [0.1, 0.15) is 12.2 Å². The Hall–Kier alpha value is -1.52. The highest BCUT2D eigenvalue weighted by Crippen LogP contribution is 2.45. The molecule has 1 aromatic heterocycles. The molecule has 9 heteroatoms. The zero-order valence-corrected chi connectivity index (χ0v) is 12.6. The number of H-pyrrole nitrogens is 1. The Morgan fingerprint density at radius 2 is 2.14 bits per heavy atom. The molecule has 22 heavy (non-hydrogen) atoms. The smallest absolute Gasteiger partial charge is 0.330 e. The summed E-state index contributed by atoms with van der Waals surface area (Å²) < 4.78 is 11.6. The number of aromatic nitrogens is 2. The van der Waals surface area contributed by atoms with Gasteiger partial charge in [0.25, 0.3) is 5.56 Å². The number of hydrogen-bond donors (Lipinski definition) is 4. The second-order valence-corrected chi connectivity index (χ2v) is 5.26. The highest BCUT2D eigenvalue weighted by Gasteiger charge is 2.66. The molecule has 2 rings (SSSR count). The Kier molecular flexibility index (Phi) is 4.28. The molecule has 0 radical (unpaired) electrons. The molecule has 0 unspecified atom stereocenters. The maximum Gasteiger partial charge on any atom is 0.330 e. The number of aliphatic hydroxyl groups is 3. The van der Waals surface area contributed by atoms with E-state index in [4.69, 9.17) is 9.47 Å². The summed E-state index contributed by atoms with van der Waals surface area (Å²) in [7, 11) is 1.15. The van der Waals surface area contributed by atoms with Crippen molar-refractivity contribution in [3.8, 4) is 0 Å². The molecule has 1 fully saturated rings. The molecule has 0 saturated carbocycles. The zero-order chi connectivity index (χ0) is 16.7. The van der Waals surface area contributed by atoms with Crippen molar-refractivity contribution >= 4 is 0 Å². The van der Waals surface area contributed by atoms with Crippen LogP contribution in [0.1, 0.15) is 18.9 Å². The van der Waals surface area contributed by atoms with Crippen molar-refractivity contribution in [1.82, 2.24) is 9.55 Å². The van der Waals surface area contributed by atoms with Crippen molar-refractivity contribution in [2.45, 2.75) is 44.0 Å². The van der Waals surface area contributed by atoms with E-state index < -0.39 is 41.6 Å². The van der Waals surface area contributed by atoms with E-state index in [0.29, 0.717) is 0 Å². The van der Waals surface area contributed by atoms with Gasteiger partial charge in [-0.15, -0.1) is 0 Å². The summed E-state index contributed by atoms with van der Waals surface area (Å²) in [4.78, 5) is 25.8. The molecule has 124 valence electrons. The topological polar surface area (TPSA) is 134 Å². The average Bonchev–Trinajstić information content (AvgIpc) is 2.73. The lowest BCUT2D eigenvalue weighted by Crippen LogP contribution is -2.61. The van der Waals surface area contributed by atoms with Crippen molar-refractivity contribution in [2.24, 2.45) is 0 Å². The van der Waals surface area contributed by atoms with Gasteiger partial charge >= 0.3 is 5.69 Å². The van der Waals surface area contributed by atoms with E-state index in [9.17, 15) is 24.9 Å². The summed E-state index contributed by atoms with van der Waals surface area (Å²) >= 11 is 0. The molecule has 0 spiro atoms. The zero-order valence-electron chi connectivity index (χ0n) is 12.6. The van der Waals surface area contributed by atoms with Crippen LogP contribution >= 0.6 is 0 Å². The van der Waals surface area contributed by atoms with Crippen LogP contribution < -0.4 is 11.2 Å². The van der Waals surface area contributed by atoms with Crippen LogP contribution in [0.5, 0.6) is 0 Å². The number of hydrogen-bond acceptors (Lipinski definition) is 7. The third kappa shape index (κ3) is 2.05. The number of nitrogens with zero attached hydrogens (tertiary/aromatic N) is 1. The molecule has 2 heterocycles. The molecule has 4 N–H and O–H groups in total. The minimum atomic E-state index is -2.27. The van der Waals surface area contributed by atoms with Crippen LogP contribution in [-0.4, -0.2) is 56.6 Å². The van der Waals surface area contributed by atoms with E-state index >= 15 is 0 Å². The minimum absolute atomic E-state index is 0.0380. The van der Waals surface area contributed by atoms with Crippen LogP contribution in [-0.2, 0) is 15.2 Å². The first-order chi connectivity index (χ1) is 10.3. The molecular weight excluding hydrogens is 296 g/mol. The monoisotopic (exact) mass is 316 g/mol. The number of nitrogens with one attached hydrogen (secondary N) is 1. The van der Waals surface area contributed by atoms with Crippen molar-refractivity contribution in [3.63, 3.8) is 0 Å². The number of ether oxygens (including phenoxy) is 2. The van der Waals surface area contributed by atoms with E-state index in [1.54, 1.807) is 6.92 Å². The van der Waals surface area contributed by atoms with Gasteiger partial charge in [-0.25, -0.2) is 4.79 Å². The molecule has 1 aliphatic rings. The Bertz CT molecular complexity index is 669. The third-order valence-electron chi connectivity index (χ3n) is 4.14. The van der Waals surface area contributed by atoms with Crippen LogP contribution in [0.3, 0.4) is 0 Å². The summed E-state index contributed by atoms with van der Waals surface area (Å²) in [6, 6.07) is 0. The Morgan fingerprint density at radius 1 is 1.50 bits per heavy atom. The predicted molar refractivity (Wildman–Crippen MR) is 74.2 cm³/mol. The maximum atomic E-state index is 12.2. The van der Waals surface area contributed by atoms with Gasteiger partial charge in [0.15, 0.2) is 0 Å². The summed E-state index contributed by atoms with van der Waals surface area (Å²) in [5, 5.41) is 30.3. The molecule has 0 bridgehead atoms. The summed E-state index contributed by atoms with van der Waals surface area (Å²) in [6.45, 7) is 2.52. The fourth-order valence-corrected chi connectivity index (χ4v) is 2.87. The molecule has 1 aliphatic heterocycles. The van der Waals surface area contributed by atoms with Crippen molar-refractivity contribution in [2.75, 3.05) is 13.7 Å². The molecule has 4 atom stereocenters. The summed E-state index contributed by atoms with van der Waals surface area (Å²) in [5.41, 5.74) is -2.96.